The molecule has 0 unspecified atom stereocenters. The van der Waals surface area contributed by atoms with Crippen LogP contribution in [-0.2, 0) is 19.5 Å². The number of nitrogens with one attached hydrogen (secondary N) is 1. The number of hydrogen-bond donors (Lipinski definition) is 1. The first-order valence-corrected chi connectivity index (χ1v) is 10.3. The number of benzene rings is 1. The van der Waals surface area contributed by atoms with Crippen molar-refractivity contribution in [3.05, 3.63) is 46.7 Å². The van der Waals surface area contributed by atoms with Gasteiger partial charge in [-0.3, -0.25) is 10.00 Å². The monoisotopic (exact) mass is 398 g/mol. The number of ether oxygens (including phenoxy) is 2. The molecule has 7 heteroatoms. The van der Waals surface area contributed by atoms with Gasteiger partial charge < -0.3 is 9.47 Å². The lowest BCUT2D eigenvalue weighted by molar-refractivity contribution is 0.172. The number of H-pyrrole nitrogens is 1. The predicted octanol–water partition coefficient (Wildman–Crippen LogP) is 4.13. The Bertz CT molecular complexity index is 963. The van der Waals surface area contributed by atoms with Gasteiger partial charge in [0.05, 0.1) is 26.1 Å². The predicted molar refractivity (Wildman–Crippen MR) is 111 cm³/mol. The summed E-state index contributed by atoms with van der Waals surface area (Å²) in [4.78, 5) is 7.35. The molecule has 4 rings (SSSR count). The van der Waals surface area contributed by atoms with Gasteiger partial charge >= 0.3 is 0 Å². The van der Waals surface area contributed by atoms with Gasteiger partial charge in [-0.15, -0.1) is 11.3 Å². The van der Waals surface area contributed by atoms with E-state index in [-0.39, 0.29) is 5.41 Å². The standard InChI is InChI=1S/C21H26N4O2S/c1-21(2)8-17-15(9-22-24-17)10-25(13-21)11-16-12-28-20(23-16)14-5-6-18(26-3)19(7-14)27-4/h5-7,9,12H,8,10-11,13H2,1-4H3,(H,22,24). The molecule has 0 radical (unpaired) electrons. The van der Waals surface area contributed by atoms with Gasteiger partial charge in [0.1, 0.15) is 5.01 Å². The minimum absolute atomic E-state index is 0.194. The van der Waals surface area contributed by atoms with Crippen molar-refractivity contribution in [3.8, 4) is 22.1 Å². The van der Waals surface area contributed by atoms with Crippen molar-refractivity contribution in [1.29, 1.82) is 0 Å². The van der Waals surface area contributed by atoms with E-state index >= 15 is 0 Å². The second-order valence-corrected chi connectivity index (χ2v) is 8.93. The van der Waals surface area contributed by atoms with Crippen LogP contribution in [0.25, 0.3) is 10.6 Å². The summed E-state index contributed by atoms with van der Waals surface area (Å²) >= 11 is 1.66. The van der Waals surface area contributed by atoms with E-state index in [2.05, 4.69) is 34.3 Å². The first-order valence-electron chi connectivity index (χ1n) is 9.38. The quantitative estimate of drug-likeness (QED) is 0.700. The number of methoxy groups -OCH3 is 2. The Hall–Kier alpha value is -2.38. The molecule has 0 saturated carbocycles. The highest BCUT2D eigenvalue weighted by atomic mass is 32.1. The van der Waals surface area contributed by atoms with Crippen molar-refractivity contribution in [2.45, 2.75) is 33.4 Å². The van der Waals surface area contributed by atoms with Gasteiger partial charge in [-0.2, -0.15) is 5.10 Å². The smallest absolute Gasteiger partial charge is 0.161 e. The molecule has 1 N–H and O–H groups in total. The molecule has 148 valence electrons. The zero-order chi connectivity index (χ0) is 19.7. The number of aromatic amines is 1. The van der Waals surface area contributed by atoms with E-state index in [1.54, 1.807) is 25.6 Å². The lowest BCUT2D eigenvalue weighted by atomic mass is 9.88. The Morgan fingerprint density at radius 3 is 2.82 bits per heavy atom. The number of rotatable bonds is 5. The maximum absolute atomic E-state index is 5.42. The molecule has 28 heavy (non-hydrogen) atoms. The van der Waals surface area contributed by atoms with Crippen molar-refractivity contribution >= 4 is 11.3 Å². The Morgan fingerprint density at radius 2 is 2.04 bits per heavy atom. The molecule has 0 spiro atoms. The van der Waals surface area contributed by atoms with Crippen LogP contribution in [0.3, 0.4) is 0 Å². The highest BCUT2D eigenvalue weighted by molar-refractivity contribution is 7.13. The summed E-state index contributed by atoms with van der Waals surface area (Å²) in [7, 11) is 3.30. The average molecular weight is 399 g/mol. The number of aromatic nitrogens is 3. The first-order chi connectivity index (χ1) is 13.5. The van der Waals surface area contributed by atoms with Crippen molar-refractivity contribution in [2.75, 3.05) is 20.8 Å². The fourth-order valence-corrected chi connectivity index (χ4v) is 4.69. The summed E-state index contributed by atoms with van der Waals surface area (Å²) in [5, 5.41) is 10.6. The molecule has 1 aliphatic rings. The molecule has 0 amide bonds. The molecular formula is C21H26N4O2S. The third kappa shape index (κ3) is 3.91. The van der Waals surface area contributed by atoms with E-state index < -0.39 is 0 Å². The summed E-state index contributed by atoms with van der Waals surface area (Å²) in [5.74, 6) is 1.45. The van der Waals surface area contributed by atoms with Gasteiger partial charge in [0.25, 0.3) is 0 Å². The van der Waals surface area contributed by atoms with Gasteiger partial charge in [-0.25, -0.2) is 4.98 Å². The molecule has 0 fully saturated rings. The van der Waals surface area contributed by atoms with E-state index in [1.165, 1.54) is 11.3 Å². The van der Waals surface area contributed by atoms with Crippen LogP contribution in [0.4, 0.5) is 0 Å². The fraction of sp³-hybridized carbons (Fsp3) is 0.429. The normalized spacial score (nSPS) is 16.4. The van der Waals surface area contributed by atoms with Gasteiger partial charge in [0.15, 0.2) is 11.5 Å². The third-order valence-electron chi connectivity index (χ3n) is 5.08. The molecule has 0 bridgehead atoms. The van der Waals surface area contributed by atoms with Crippen molar-refractivity contribution in [2.24, 2.45) is 5.41 Å². The van der Waals surface area contributed by atoms with E-state index in [4.69, 9.17) is 14.5 Å². The lowest BCUT2D eigenvalue weighted by Gasteiger charge is -2.29. The minimum atomic E-state index is 0.194. The average Bonchev–Trinajstić information content (AvgIpc) is 3.27. The molecule has 2 aromatic heterocycles. The van der Waals surface area contributed by atoms with Crippen LogP contribution in [0.1, 0.15) is 30.8 Å². The highest BCUT2D eigenvalue weighted by Crippen LogP contribution is 2.34. The topological polar surface area (TPSA) is 63.3 Å². The van der Waals surface area contributed by atoms with Gasteiger partial charge in [0.2, 0.25) is 0 Å². The Morgan fingerprint density at radius 1 is 1.21 bits per heavy atom. The van der Waals surface area contributed by atoms with Crippen LogP contribution in [-0.4, -0.2) is 40.8 Å². The number of thiazole rings is 1. The number of fused-ring (bicyclic) bond motifs is 1. The van der Waals surface area contributed by atoms with E-state index in [9.17, 15) is 0 Å². The minimum Gasteiger partial charge on any atom is -0.493 e. The van der Waals surface area contributed by atoms with Crippen LogP contribution < -0.4 is 9.47 Å². The highest BCUT2D eigenvalue weighted by Gasteiger charge is 2.29. The molecule has 0 saturated heterocycles. The maximum Gasteiger partial charge on any atom is 0.161 e. The zero-order valence-electron chi connectivity index (χ0n) is 16.8. The summed E-state index contributed by atoms with van der Waals surface area (Å²) in [6.45, 7) is 7.38. The molecule has 3 aromatic rings. The molecule has 0 atom stereocenters. The molecule has 1 aromatic carbocycles. The Labute approximate surface area is 169 Å². The van der Waals surface area contributed by atoms with Gasteiger partial charge in [-0.05, 0) is 30.0 Å². The Kier molecular flexibility index (Phi) is 5.12. The van der Waals surface area contributed by atoms with Crippen molar-refractivity contribution in [3.63, 3.8) is 0 Å². The number of nitrogens with zero attached hydrogens (tertiary/aromatic N) is 3. The van der Waals surface area contributed by atoms with Gasteiger partial charge in [-0.1, -0.05) is 13.8 Å². The Balaban J connectivity index is 1.54. The largest absolute Gasteiger partial charge is 0.493 e. The van der Waals surface area contributed by atoms with Crippen LogP contribution in [0, 0.1) is 5.41 Å². The van der Waals surface area contributed by atoms with Crippen LogP contribution in [0.2, 0.25) is 0 Å². The SMILES string of the molecule is COc1ccc(-c2nc(CN3Cc4cn[nH]c4CC(C)(C)C3)cs2)cc1OC. The summed E-state index contributed by atoms with van der Waals surface area (Å²) in [5.41, 5.74) is 4.89. The maximum atomic E-state index is 5.42. The van der Waals surface area contributed by atoms with E-state index in [1.807, 2.05) is 24.4 Å². The molecule has 0 aliphatic carbocycles. The molecule has 6 nitrogen and oxygen atoms in total. The van der Waals surface area contributed by atoms with Crippen molar-refractivity contribution in [1.82, 2.24) is 20.1 Å². The zero-order valence-corrected chi connectivity index (χ0v) is 17.6. The third-order valence-corrected chi connectivity index (χ3v) is 6.02. The van der Waals surface area contributed by atoms with E-state index in [0.29, 0.717) is 0 Å². The van der Waals surface area contributed by atoms with Crippen molar-refractivity contribution < 1.29 is 9.47 Å². The fourth-order valence-electron chi connectivity index (χ4n) is 3.89. The molecule has 1 aliphatic heterocycles. The van der Waals surface area contributed by atoms with Crippen LogP contribution in [0.15, 0.2) is 29.8 Å². The first kappa shape index (κ1) is 19.0. The summed E-state index contributed by atoms with van der Waals surface area (Å²) in [6, 6.07) is 5.93. The van der Waals surface area contributed by atoms with E-state index in [0.717, 1.165) is 53.8 Å². The van der Waals surface area contributed by atoms with Gasteiger partial charge in [0, 0.05) is 41.8 Å². The lowest BCUT2D eigenvalue weighted by Crippen LogP contribution is -2.32. The van der Waals surface area contributed by atoms with Crippen LogP contribution >= 0.6 is 11.3 Å². The van der Waals surface area contributed by atoms with Crippen LogP contribution in [0.5, 0.6) is 11.5 Å². The molecular weight excluding hydrogens is 372 g/mol. The summed E-state index contributed by atoms with van der Waals surface area (Å²) < 4.78 is 10.8. The molecule has 3 heterocycles. The second-order valence-electron chi connectivity index (χ2n) is 8.07. The second kappa shape index (κ2) is 7.56. The summed E-state index contributed by atoms with van der Waals surface area (Å²) in [6.07, 6.45) is 2.98. The number of hydrogen-bond acceptors (Lipinski definition) is 6.